The average molecular weight is 354 g/mol. The summed E-state index contributed by atoms with van der Waals surface area (Å²) in [6, 6.07) is 0.525. The van der Waals surface area contributed by atoms with Crippen LogP contribution in [0.25, 0.3) is 11.2 Å². The second kappa shape index (κ2) is 5.73. The van der Waals surface area contributed by atoms with Crippen molar-refractivity contribution in [2.75, 3.05) is 18.0 Å². The quantitative estimate of drug-likeness (QED) is 0.742. The van der Waals surface area contributed by atoms with Crippen molar-refractivity contribution in [3.8, 4) is 0 Å². The molecule has 1 aliphatic carbocycles. The minimum absolute atomic E-state index is 0.477. The summed E-state index contributed by atoms with van der Waals surface area (Å²) in [6.45, 7) is 1.35. The monoisotopic (exact) mass is 354 g/mol. The van der Waals surface area contributed by atoms with Gasteiger partial charge in [0.15, 0.2) is 17.0 Å². The Bertz CT molecular complexity index is 945. The molecule has 1 unspecified atom stereocenters. The smallest absolute Gasteiger partial charge is 0.165 e. The SMILES string of the molecule is Cn1cnnc1CC1(O)CCCN(c2ncnc3c2ncn3C2CC2)C1. The molecule has 9 heteroatoms. The lowest BCUT2D eigenvalue weighted by Crippen LogP contribution is -2.50. The van der Waals surface area contributed by atoms with Crippen LogP contribution in [-0.4, -0.2) is 58.1 Å². The minimum atomic E-state index is -0.852. The molecule has 9 nitrogen and oxygen atoms in total. The van der Waals surface area contributed by atoms with Crippen LogP contribution in [-0.2, 0) is 13.5 Å². The molecule has 2 fully saturated rings. The van der Waals surface area contributed by atoms with Gasteiger partial charge < -0.3 is 19.1 Å². The van der Waals surface area contributed by atoms with Crippen LogP contribution in [0.2, 0.25) is 0 Å². The van der Waals surface area contributed by atoms with Gasteiger partial charge in [0.1, 0.15) is 18.5 Å². The number of aryl methyl sites for hydroxylation is 1. The van der Waals surface area contributed by atoms with Crippen molar-refractivity contribution in [2.45, 2.75) is 43.7 Å². The maximum atomic E-state index is 11.2. The number of piperidine rings is 1. The number of hydrogen-bond donors (Lipinski definition) is 1. The van der Waals surface area contributed by atoms with E-state index in [2.05, 4.69) is 34.6 Å². The van der Waals surface area contributed by atoms with Crippen LogP contribution in [0.3, 0.4) is 0 Å². The molecule has 0 radical (unpaired) electrons. The average Bonchev–Trinajstić information content (AvgIpc) is 3.26. The van der Waals surface area contributed by atoms with Gasteiger partial charge in [0.25, 0.3) is 0 Å². The molecule has 26 heavy (non-hydrogen) atoms. The zero-order valence-electron chi connectivity index (χ0n) is 14.8. The van der Waals surface area contributed by atoms with E-state index >= 15 is 0 Å². The van der Waals surface area contributed by atoms with E-state index in [0.717, 1.165) is 42.2 Å². The van der Waals surface area contributed by atoms with Gasteiger partial charge in [-0.1, -0.05) is 0 Å². The van der Waals surface area contributed by atoms with Crippen LogP contribution in [0.15, 0.2) is 19.0 Å². The topological polar surface area (TPSA) is 97.8 Å². The molecule has 0 spiro atoms. The first-order valence-electron chi connectivity index (χ1n) is 9.11. The van der Waals surface area contributed by atoms with Gasteiger partial charge in [0.2, 0.25) is 0 Å². The van der Waals surface area contributed by atoms with Gasteiger partial charge in [0, 0.05) is 32.6 Å². The summed E-state index contributed by atoms with van der Waals surface area (Å²) in [5.74, 6) is 1.60. The Hall–Kier alpha value is -2.55. The molecule has 1 atom stereocenters. The highest BCUT2D eigenvalue weighted by atomic mass is 16.3. The van der Waals surface area contributed by atoms with Crippen molar-refractivity contribution < 1.29 is 5.11 Å². The lowest BCUT2D eigenvalue weighted by Gasteiger charge is -2.39. The number of anilines is 1. The standard InChI is InChI=1S/C17H22N8O/c1-23-11-21-22-13(23)7-17(26)5-2-6-24(8-17)15-14-16(19-9-18-15)25(10-20-14)12-3-4-12/h9-12,26H,2-8H2,1H3. The van der Waals surface area contributed by atoms with E-state index in [1.54, 1.807) is 12.7 Å². The maximum Gasteiger partial charge on any atom is 0.165 e. The first-order chi connectivity index (χ1) is 12.6. The van der Waals surface area contributed by atoms with E-state index in [-0.39, 0.29) is 0 Å². The number of hydrogen-bond acceptors (Lipinski definition) is 7. The summed E-state index contributed by atoms with van der Waals surface area (Å²) in [5.41, 5.74) is 0.859. The maximum absolute atomic E-state index is 11.2. The molecular weight excluding hydrogens is 332 g/mol. The van der Waals surface area contributed by atoms with Crippen molar-refractivity contribution in [3.63, 3.8) is 0 Å². The van der Waals surface area contributed by atoms with E-state index < -0.39 is 5.60 Å². The fourth-order valence-corrected chi connectivity index (χ4v) is 3.89. The van der Waals surface area contributed by atoms with Crippen LogP contribution >= 0.6 is 0 Å². The summed E-state index contributed by atoms with van der Waals surface area (Å²) in [7, 11) is 1.90. The van der Waals surface area contributed by atoms with E-state index in [1.807, 2.05) is 17.9 Å². The van der Waals surface area contributed by atoms with E-state index in [1.165, 1.54) is 12.8 Å². The Balaban J connectivity index is 1.45. The van der Waals surface area contributed by atoms with Crippen molar-refractivity contribution in [3.05, 3.63) is 24.8 Å². The van der Waals surface area contributed by atoms with Crippen LogP contribution in [0, 0.1) is 0 Å². The number of rotatable bonds is 4. The third kappa shape index (κ3) is 2.63. The summed E-state index contributed by atoms with van der Waals surface area (Å²) < 4.78 is 4.01. The van der Waals surface area contributed by atoms with Crippen molar-refractivity contribution >= 4 is 17.0 Å². The normalized spacial score (nSPS) is 23.7. The third-order valence-corrected chi connectivity index (χ3v) is 5.43. The fraction of sp³-hybridized carbons (Fsp3) is 0.588. The zero-order valence-corrected chi connectivity index (χ0v) is 14.8. The molecule has 3 aromatic heterocycles. The highest BCUT2D eigenvalue weighted by Gasteiger charge is 2.36. The highest BCUT2D eigenvalue weighted by Crippen LogP contribution is 2.38. The van der Waals surface area contributed by atoms with Gasteiger partial charge in [-0.25, -0.2) is 15.0 Å². The molecule has 1 saturated heterocycles. The number of aliphatic hydroxyl groups is 1. The Kier molecular flexibility index (Phi) is 3.46. The number of aromatic nitrogens is 7. The first-order valence-corrected chi connectivity index (χ1v) is 9.11. The van der Waals surface area contributed by atoms with Gasteiger partial charge in [-0.05, 0) is 25.7 Å². The first kappa shape index (κ1) is 15.7. The van der Waals surface area contributed by atoms with E-state index in [4.69, 9.17) is 0 Å². The summed E-state index contributed by atoms with van der Waals surface area (Å²) in [4.78, 5) is 15.7. The van der Waals surface area contributed by atoms with E-state index in [0.29, 0.717) is 19.0 Å². The molecule has 136 valence electrons. The van der Waals surface area contributed by atoms with Gasteiger partial charge >= 0.3 is 0 Å². The molecular formula is C17H22N8O. The van der Waals surface area contributed by atoms with Crippen LogP contribution < -0.4 is 4.90 Å². The van der Waals surface area contributed by atoms with Crippen LogP contribution in [0.1, 0.15) is 37.5 Å². The summed E-state index contributed by atoms with van der Waals surface area (Å²) >= 11 is 0. The van der Waals surface area contributed by atoms with Gasteiger partial charge in [-0.2, -0.15) is 0 Å². The Morgan fingerprint density at radius 3 is 2.88 bits per heavy atom. The molecule has 5 rings (SSSR count). The minimum Gasteiger partial charge on any atom is -0.388 e. The molecule has 1 N–H and O–H groups in total. The predicted octanol–water partition coefficient (Wildman–Crippen LogP) is 0.864. The van der Waals surface area contributed by atoms with Gasteiger partial charge in [-0.3, -0.25) is 0 Å². The van der Waals surface area contributed by atoms with Gasteiger partial charge in [-0.15, -0.1) is 10.2 Å². The van der Waals surface area contributed by atoms with Crippen LogP contribution in [0.5, 0.6) is 0 Å². The fourth-order valence-electron chi connectivity index (χ4n) is 3.89. The third-order valence-electron chi connectivity index (χ3n) is 5.43. The Morgan fingerprint density at radius 2 is 2.12 bits per heavy atom. The largest absolute Gasteiger partial charge is 0.388 e. The molecule has 2 aliphatic rings. The lowest BCUT2D eigenvalue weighted by atomic mass is 9.89. The van der Waals surface area contributed by atoms with E-state index in [9.17, 15) is 5.11 Å². The van der Waals surface area contributed by atoms with Crippen molar-refractivity contribution in [2.24, 2.45) is 7.05 Å². The van der Waals surface area contributed by atoms with Crippen molar-refractivity contribution in [1.82, 2.24) is 34.3 Å². The molecule has 0 amide bonds. The second-order valence-electron chi connectivity index (χ2n) is 7.54. The molecule has 1 aliphatic heterocycles. The molecule has 1 saturated carbocycles. The number of imidazole rings is 1. The summed E-state index contributed by atoms with van der Waals surface area (Å²) in [5, 5.41) is 19.2. The second-order valence-corrected chi connectivity index (χ2v) is 7.54. The van der Waals surface area contributed by atoms with Crippen molar-refractivity contribution in [1.29, 1.82) is 0 Å². The predicted molar refractivity (Wildman–Crippen MR) is 94.7 cm³/mol. The van der Waals surface area contributed by atoms with Gasteiger partial charge in [0.05, 0.1) is 11.9 Å². The lowest BCUT2D eigenvalue weighted by molar-refractivity contribution is 0.0237. The van der Waals surface area contributed by atoms with Crippen LogP contribution in [0.4, 0.5) is 5.82 Å². The number of fused-ring (bicyclic) bond motifs is 1. The molecule has 4 heterocycles. The number of nitrogens with zero attached hydrogens (tertiary/aromatic N) is 8. The Morgan fingerprint density at radius 1 is 1.23 bits per heavy atom. The highest BCUT2D eigenvalue weighted by molar-refractivity contribution is 5.83. The molecule has 3 aromatic rings. The molecule has 0 bridgehead atoms. The number of β-amino-alcohol motifs (C(OH)–C–C–N with tert-alkyl or cyclic N) is 1. The molecule has 0 aromatic carbocycles. The Labute approximate surface area is 150 Å². The summed E-state index contributed by atoms with van der Waals surface area (Å²) in [6.07, 6.45) is 9.62. The zero-order chi connectivity index (χ0) is 17.7.